The number of H-pyrrole nitrogens is 1. The van der Waals surface area contributed by atoms with Crippen molar-refractivity contribution in [1.29, 1.82) is 0 Å². The van der Waals surface area contributed by atoms with Crippen LogP contribution in [-0.4, -0.2) is 130 Å². The average Bonchev–Trinajstić information content (AvgIpc) is 3.24. The third kappa shape index (κ3) is 11.7. The molecule has 4 amide bonds. The molecule has 9 atom stereocenters. The molecule has 1 saturated heterocycles. The largest absolute Gasteiger partial charge is 0.456 e. The van der Waals surface area contributed by atoms with Crippen LogP contribution in [0.1, 0.15) is 59.1 Å². The smallest absolute Gasteiger partial charge is 0.331 e. The SMILES string of the molecule is COC([C@@H](OC)[C@@H](OC(=O)CCC(=O)NC(C)(C)CO)n1ccc(=O)[nH]c1=O)[C@@H](O[C@H]1OC(C(=O)N[C@H]2CCC[C@@H](C)NC2=O)=C[C@H](O)[C@@H]1O)C(N)=O. The minimum atomic E-state index is -1.99. The number of hydrogen-bond donors (Lipinski definition) is 8. The maximum atomic E-state index is 13.1. The van der Waals surface area contributed by atoms with Crippen molar-refractivity contribution in [2.24, 2.45) is 5.73 Å². The van der Waals surface area contributed by atoms with E-state index in [4.69, 9.17) is 29.4 Å². The Balaban J connectivity index is 1.88. The summed E-state index contributed by atoms with van der Waals surface area (Å²) in [7, 11) is 2.16. The monoisotopic (exact) mass is 756 g/mol. The van der Waals surface area contributed by atoms with Crippen molar-refractivity contribution in [2.45, 2.75) is 114 Å². The zero-order valence-corrected chi connectivity index (χ0v) is 29.9. The summed E-state index contributed by atoms with van der Waals surface area (Å²) in [6.45, 7) is 4.54. The fourth-order valence-corrected chi connectivity index (χ4v) is 5.52. The van der Waals surface area contributed by atoms with Crippen LogP contribution in [0.4, 0.5) is 0 Å². The molecule has 0 bridgehead atoms. The Morgan fingerprint density at radius 2 is 1.77 bits per heavy atom. The van der Waals surface area contributed by atoms with Gasteiger partial charge < -0.3 is 60.7 Å². The van der Waals surface area contributed by atoms with Crippen LogP contribution in [0.15, 0.2) is 33.7 Å². The number of nitrogens with zero attached hydrogens (tertiary/aromatic N) is 1. The number of aliphatic hydroxyl groups excluding tert-OH is 3. The van der Waals surface area contributed by atoms with Gasteiger partial charge in [-0.1, -0.05) is 0 Å². The number of aromatic amines is 1. The first-order valence-corrected chi connectivity index (χ1v) is 16.7. The lowest BCUT2D eigenvalue weighted by atomic mass is 10.0. The topological polar surface area (TPSA) is 309 Å². The molecule has 21 nitrogen and oxygen atoms in total. The van der Waals surface area contributed by atoms with E-state index in [1.54, 1.807) is 13.8 Å². The van der Waals surface area contributed by atoms with Gasteiger partial charge in [-0.25, -0.2) is 4.79 Å². The Labute approximate surface area is 303 Å². The zero-order valence-electron chi connectivity index (χ0n) is 29.9. The number of esters is 1. The van der Waals surface area contributed by atoms with Crippen LogP contribution in [-0.2, 0) is 47.7 Å². The van der Waals surface area contributed by atoms with E-state index in [0.29, 0.717) is 19.3 Å². The maximum Gasteiger partial charge on any atom is 0.331 e. The van der Waals surface area contributed by atoms with Crippen LogP contribution >= 0.6 is 0 Å². The zero-order chi connectivity index (χ0) is 39.6. The van der Waals surface area contributed by atoms with Crippen LogP contribution in [0.2, 0.25) is 0 Å². The number of primary amides is 1. The van der Waals surface area contributed by atoms with Gasteiger partial charge in [-0.3, -0.25) is 38.3 Å². The highest BCUT2D eigenvalue weighted by molar-refractivity contribution is 5.95. The molecule has 1 aromatic heterocycles. The second-order valence-electron chi connectivity index (χ2n) is 13.2. The van der Waals surface area contributed by atoms with Gasteiger partial charge in [0.05, 0.1) is 18.6 Å². The molecule has 53 heavy (non-hydrogen) atoms. The second kappa shape index (κ2) is 18.9. The summed E-state index contributed by atoms with van der Waals surface area (Å²) in [4.78, 5) is 90.8. The minimum Gasteiger partial charge on any atom is -0.456 e. The number of methoxy groups -OCH3 is 2. The van der Waals surface area contributed by atoms with Crippen LogP contribution in [0.5, 0.6) is 0 Å². The molecule has 9 N–H and O–H groups in total. The summed E-state index contributed by atoms with van der Waals surface area (Å²) in [5.74, 6) is -4.86. The number of amides is 4. The molecule has 0 aromatic carbocycles. The second-order valence-corrected chi connectivity index (χ2v) is 13.2. The van der Waals surface area contributed by atoms with E-state index >= 15 is 0 Å². The number of carbonyl (C=O) groups is 5. The molecule has 3 rings (SSSR count). The number of ether oxygens (including phenoxy) is 5. The van der Waals surface area contributed by atoms with Crippen molar-refractivity contribution >= 4 is 29.6 Å². The van der Waals surface area contributed by atoms with Crippen molar-refractivity contribution in [3.63, 3.8) is 0 Å². The number of aromatic nitrogens is 2. The first kappa shape index (κ1) is 42.7. The lowest BCUT2D eigenvalue weighted by molar-refractivity contribution is -0.250. The first-order valence-electron chi connectivity index (χ1n) is 16.7. The van der Waals surface area contributed by atoms with Gasteiger partial charge in [0.2, 0.25) is 30.2 Å². The van der Waals surface area contributed by atoms with Crippen LogP contribution < -0.4 is 32.9 Å². The molecule has 0 aliphatic carbocycles. The molecule has 1 aromatic rings. The van der Waals surface area contributed by atoms with Gasteiger partial charge in [0.1, 0.15) is 30.5 Å². The Morgan fingerprint density at radius 1 is 1.09 bits per heavy atom. The van der Waals surface area contributed by atoms with Crippen molar-refractivity contribution < 1.29 is 63.0 Å². The van der Waals surface area contributed by atoms with Crippen molar-refractivity contribution in [1.82, 2.24) is 25.5 Å². The third-order valence-electron chi connectivity index (χ3n) is 8.37. The third-order valence-corrected chi connectivity index (χ3v) is 8.37. The number of aliphatic hydroxyl groups is 3. The molecule has 2 aliphatic heterocycles. The lowest BCUT2D eigenvalue weighted by Crippen LogP contribution is -2.57. The van der Waals surface area contributed by atoms with E-state index in [2.05, 4.69) is 16.0 Å². The van der Waals surface area contributed by atoms with Crippen molar-refractivity contribution in [3.05, 3.63) is 44.9 Å². The highest BCUT2D eigenvalue weighted by Gasteiger charge is 2.46. The maximum absolute atomic E-state index is 13.1. The summed E-state index contributed by atoms with van der Waals surface area (Å²) in [6, 6.07) is -0.117. The highest BCUT2D eigenvalue weighted by Crippen LogP contribution is 2.28. The summed E-state index contributed by atoms with van der Waals surface area (Å²) >= 11 is 0. The number of nitrogens with two attached hydrogens (primary N) is 1. The molecule has 3 heterocycles. The quantitative estimate of drug-likeness (QED) is 0.0709. The first-order chi connectivity index (χ1) is 24.9. The van der Waals surface area contributed by atoms with E-state index in [1.807, 2.05) is 11.9 Å². The molecule has 1 unspecified atom stereocenters. The minimum absolute atomic E-state index is 0.109. The summed E-state index contributed by atoms with van der Waals surface area (Å²) in [6.07, 6.45) is -10.3. The predicted octanol–water partition coefficient (Wildman–Crippen LogP) is -3.72. The summed E-state index contributed by atoms with van der Waals surface area (Å²) in [5.41, 5.74) is 2.79. The van der Waals surface area contributed by atoms with Gasteiger partial charge in [0.25, 0.3) is 11.5 Å². The van der Waals surface area contributed by atoms with E-state index in [1.165, 1.54) is 0 Å². The van der Waals surface area contributed by atoms with Crippen molar-refractivity contribution in [3.8, 4) is 0 Å². The fraction of sp³-hybridized carbons (Fsp3) is 0.656. The fourth-order valence-electron chi connectivity index (χ4n) is 5.52. The average molecular weight is 757 g/mol. The molecule has 296 valence electrons. The van der Waals surface area contributed by atoms with Crippen LogP contribution in [0, 0.1) is 0 Å². The molecule has 0 radical (unpaired) electrons. The number of nitrogens with one attached hydrogen (secondary N) is 4. The molecule has 21 heteroatoms. The van der Waals surface area contributed by atoms with E-state index < -0.39 is 114 Å². The number of rotatable bonds is 17. The highest BCUT2D eigenvalue weighted by atomic mass is 16.7. The van der Waals surface area contributed by atoms with Gasteiger partial charge in [-0.15, -0.1) is 0 Å². The molecule has 0 spiro atoms. The predicted molar refractivity (Wildman–Crippen MR) is 179 cm³/mol. The molecule has 1 fully saturated rings. The molecular formula is C32H48N6O15. The van der Waals surface area contributed by atoms with E-state index in [0.717, 1.165) is 37.1 Å². The van der Waals surface area contributed by atoms with E-state index in [9.17, 15) is 48.9 Å². The lowest BCUT2D eigenvalue weighted by Gasteiger charge is -2.38. The summed E-state index contributed by atoms with van der Waals surface area (Å²) < 4.78 is 28.6. The van der Waals surface area contributed by atoms with Gasteiger partial charge >= 0.3 is 11.7 Å². The van der Waals surface area contributed by atoms with Gasteiger partial charge in [-0.05, 0) is 46.1 Å². The Hall–Kier alpha value is -4.67. The van der Waals surface area contributed by atoms with Crippen molar-refractivity contribution in [2.75, 3.05) is 20.8 Å². The number of hydrogen-bond acceptors (Lipinski definition) is 15. The molecule has 2 aliphatic rings. The molecule has 0 saturated carbocycles. The van der Waals surface area contributed by atoms with Crippen LogP contribution in [0.3, 0.4) is 0 Å². The summed E-state index contributed by atoms with van der Waals surface area (Å²) in [5, 5.41) is 38.5. The Bertz CT molecular complexity index is 1630. The Kier molecular flexibility index (Phi) is 15.2. The van der Waals surface area contributed by atoms with Gasteiger partial charge in [-0.2, -0.15) is 0 Å². The van der Waals surface area contributed by atoms with Crippen LogP contribution in [0.25, 0.3) is 0 Å². The normalized spacial score (nSPS) is 24.2. The van der Waals surface area contributed by atoms with Gasteiger partial charge in [0.15, 0.2) is 11.9 Å². The van der Waals surface area contributed by atoms with Gasteiger partial charge in [0, 0.05) is 38.9 Å². The Morgan fingerprint density at radius 3 is 2.38 bits per heavy atom. The van der Waals surface area contributed by atoms with E-state index in [-0.39, 0.29) is 12.6 Å². The molecular weight excluding hydrogens is 708 g/mol. The standard InChI is InChI=1S/C32H48N6O15/c1-15-7-6-8-16(27(46)34-15)35-28(47)18-13-17(40)22(44)30(51-18)53-24(26(33)45)23(49-4)25(50-5)29(38-12-11-19(41)36-31(38)48)52-21(43)10-9-20(42)37-32(2,3)14-39/h11-13,15-17,22-25,29-30,39-40,44H,6-10,14H2,1-5H3,(H2,33,45)(H,34,46)(H,35,47)(H,37,42)(H,36,41,48)/t15-,16+,17+,22+,23?,24-,25-,29-,30-/m1/s1. The number of carbonyl (C=O) groups excluding carboxylic acids is 5.